The van der Waals surface area contributed by atoms with Crippen LogP contribution in [0.2, 0.25) is 0 Å². The van der Waals surface area contributed by atoms with Crippen LogP contribution in [0.4, 0.5) is 0 Å². The van der Waals surface area contributed by atoms with Gasteiger partial charge in [0.05, 0.1) is 12.3 Å². The number of nitrogens with zero attached hydrogens (tertiary/aromatic N) is 2. The molecule has 0 unspecified atom stereocenters. The van der Waals surface area contributed by atoms with Gasteiger partial charge in [-0.15, -0.1) is 0 Å². The molecule has 0 amide bonds. The molecule has 4 nitrogen and oxygen atoms in total. The summed E-state index contributed by atoms with van der Waals surface area (Å²) >= 11 is 0. The van der Waals surface area contributed by atoms with Crippen molar-refractivity contribution in [2.45, 2.75) is 39.2 Å². The van der Waals surface area contributed by atoms with Crippen molar-refractivity contribution < 1.29 is 9.63 Å². The van der Waals surface area contributed by atoms with E-state index in [2.05, 4.69) is 38.0 Å². The number of hydrogen-bond acceptors (Lipinski definition) is 4. The van der Waals surface area contributed by atoms with E-state index in [4.69, 9.17) is 9.63 Å². The maximum Gasteiger partial charge on any atom is 0.139 e. The van der Waals surface area contributed by atoms with E-state index in [-0.39, 0.29) is 6.61 Å². The van der Waals surface area contributed by atoms with Crippen molar-refractivity contribution in [2.24, 2.45) is 11.3 Å². The zero-order valence-corrected chi connectivity index (χ0v) is 11.8. The van der Waals surface area contributed by atoms with Crippen molar-refractivity contribution in [3.63, 3.8) is 0 Å². The highest BCUT2D eigenvalue weighted by molar-refractivity contribution is 5.11. The molecule has 0 aromatic carbocycles. The Bertz CT molecular complexity index is 398. The van der Waals surface area contributed by atoms with Crippen molar-refractivity contribution in [1.29, 1.82) is 0 Å². The van der Waals surface area contributed by atoms with Crippen LogP contribution < -0.4 is 0 Å². The van der Waals surface area contributed by atoms with E-state index >= 15 is 0 Å². The second kappa shape index (κ2) is 5.02. The van der Waals surface area contributed by atoms with E-state index < -0.39 is 0 Å². The SMILES string of the molecule is CN(C)[C@H]1C[C@@H](Cc2cc(CCO)on2)C1(C)C. The highest BCUT2D eigenvalue weighted by atomic mass is 16.5. The van der Waals surface area contributed by atoms with Gasteiger partial charge in [0.15, 0.2) is 0 Å². The van der Waals surface area contributed by atoms with Gasteiger partial charge in [-0.05, 0) is 38.3 Å². The minimum absolute atomic E-state index is 0.117. The first-order valence-electron chi connectivity index (χ1n) is 6.67. The summed E-state index contributed by atoms with van der Waals surface area (Å²) in [7, 11) is 4.30. The Morgan fingerprint density at radius 3 is 2.78 bits per heavy atom. The molecule has 18 heavy (non-hydrogen) atoms. The lowest BCUT2D eigenvalue weighted by Crippen LogP contribution is -2.56. The molecule has 1 heterocycles. The highest BCUT2D eigenvalue weighted by Gasteiger charge is 2.48. The molecule has 1 aromatic heterocycles. The third-order valence-electron chi connectivity index (χ3n) is 4.46. The summed E-state index contributed by atoms with van der Waals surface area (Å²) in [6, 6.07) is 2.64. The van der Waals surface area contributed by atoms with Gasteiger partial charge in [0.2, 0.25) is 0 Å². The summed E-state index contributed by atoms with van der Waals surface area (Å²) < 4.78 is 5.20. The second-order valence-electron chi connectivity index (χ2n) is 6.20. The first kappa shape index (κ1) is 13.6. The molecule has 0 radical (unpaired) electrons. The summed E-state index contributed by atoms with van der Waals surface area (Å²) in [5, 5.41) is 12.9. The molecule has 1 N–H and O–H groups in total. The van der Waals surface area contributed by atoms with Crippen molar-refractivity contribution in [2.75, 3.05) is 20.7 Å². The summed E-state index contributed by atoms with van der Waals surface area (Å²) in [6.45, 7) is 4.79. The van der Waals surface area contributed by atoms with Crippen LogP contribution in [0.5, 0.6) is 0 Å². The lowest BCUT2D eigenvalue weighted by atomic mass is 9.57. The minimum atomic E-state index is 0.117. The maximum absolute atomic E-state index is 8.85. The first-order chi connectivity index (χ1) is 8.45. The second-order valence-corrected chi connectivity index (χ2v) is 6.20. The molecular weight excluding hydrogens is 228 g/mol. The standard InChI is InChI=1S/C14H24N2O2/c1-14(2)10(8-13(14)16(3)4)7-11-9-12(5-6-17)18-15-11/h9-10,13,17H,5-8H2,1-4H3/t10-,13+/m1/s1. The maximum atomic E-state index is 8.85. The number of aromatic nitrogens is 1. The van der Waals surface area contributed by atoms with E-state index in [9.17, 15) is 0 Å². The van der Waals surface area contributed by atoms with Gasteiger partial charge in [-0.2, -0.15) is 0 Å². The lowest BCUT2D eigenvalue weighted by Gasteiger charge is -2.55. The van der Waals surface area contributed by atoms with Gasteiger partial charge in [-0.25, -0.2) is 0 Å². The molecule has 2 atom stereocenters. The summed E-state index contributed by atoms with van der Waals surface area (Å²) in [5.41, 5.74) is 1.35. The third-order valence-corrected chi connectivity index (χ3v) is 4.46. The molecule has 102 valence electrons. The Labute approximate surface area is 109 Å². The van der Waals surface area contributed by atoms with E-state index in [0.717, 1.165) is 17.9 Å². The topological polar surface area (TPSA) is 49.5 Å². The van der Waals surface area contributed by atoms with E-state index in [1.807, 2.05) is 6.07 Å². The Balaban J connectivity index is 1.94. The number of aliphatic hydroxyl groups is 1. The van der Waals surface area contributed by atoms with Crippen LogP contribution in [-0.4, -0.2) is 41.9 Å². The summed E-state index contributed by atoms with van der Waals surface area (Å²) in [6.07, 6.45) is 2.76. The quantitative estimate of drug-likeness (QED) is 0.867. The van der Waals surface area contributed by atoms with Crippen LogP contribution >= 0.6 is 0 Å². The van der Waals surface area contributed by atoms with Crippen molar-refractivity contribution in [3.8, 4) is 0 Å². The van der Waals surface area contributed by atoms with Gasteiger partial charge < -0.3 is 14.5 Å². The molecule has 0 spiro atoms. The minimum Gasteiger partial charge on any atom is -0.396 e. The first-order valence-corrected chi connectivity index (χ1v) is 6.67. The van der Waals surface area contributed by atoms with Crippen molar-refractivity contribution in [1.82, 2.24) is 10.1 Å². The zero-order valence-electron chi connectivity index (χ0n) is 11.8. The molecule has 2 rings (SSSR count). The smallest absolute Gasteiger partial charge is 0.139 e. The average Bonchev–Trinajstić information content (AvgIpc) is 2.71. The van der Waals surface area contributed by atoms with Gasteiger partial charge >= 0.3 is 0 Å². The monoisotopic (exact) mass is 252 g/mol. The van der Waals surface area contributed by atoms with E-state index in [1.165, 1.54) is 6.42 Å². The molecule has 0 aliphatic heterocycles. The van der Waals surface area contributed by atoms with E-state index in [0.29, 0.717) is 23.8 Å². The van der Waals surface area contributed by atoms with Gasteiger partial charge in [0.1, 0.15) is 5.76 Å². The Morgan fingerprint density at radius 2 is 2.22 bits per heavy atom. The number of aliphatic hydroxyl groups excluding tert-OH is 1. The van der Waals surface area contributed by atoms with Crippen LogP contribution in [0.3, 0.4) is 0 Å². The van der Waals surface area contributed by atoms with Crippen LogP contribution in [-0.2, 0) is 12.8 Å². The Morgan fingerprint density at radius 1 is 1.50 bits per heavy atom. The van der Waals surface area contributed by atoms with Gasteiger partial charge in [-0.3, -0.25) is 0 Å². The van der Waals surface area contributed by atoms with E-state index in [1.54, 1.807) is 0 Å². The largest absolute Gasteiger partial charge is 0.396 e. The van der Waals surface area contributed by atoms with Gasteiger partial charge in [0.25, 0.3) is 0 Å². The van der Waals surface area contributed by atoms with Crippen LogP contribution in [0.25, 0.3) is 0 Å². The van der Waals surface area contributed by atoms with Crippen LogP contribution in [0.1, 0.15) is 31.7 Å². The number of hydrogen-bond donors (Lipinski definition) is 1. The number of rotatable bonds is 5. The Hall–Kier alpha value is -0.870. The fourth-order valence-electron chi connectivity index (χ4n) is 3.14. The summed E-state index contributed by atoms with van der Waals surface area (Å²) in [5.74, 6) is 1.45. The lowest BCUT2D eigenvalue weighted by molar-refractivity contribution is -0.0421. The molecule has 0 bridgehead atoms. The molecule has 0 saturated heterocycles. The van der Waals surface area contributed by atoms with Gasteiger partial charge in [-0.1, -0.05) is 19.0 Å². The summed E-state index contributed by atoms with van der Waals surface area (Å²) in [4.78, 5) is 2.32. The molecule has 1 saturated carbocycles. The molecule has 1 aliphatic carbocycles. The van der Waals surface area contributed by atoms with Gasteiger partial charge in [0, 0.05) is 18.5 Å². The fourth-order valence-corrected chi connectivity index (χ4v) is 3.14. The average molecular weight is 252 g/mol. The highest BCUT2D eigenvalue weighted by Crippen LogP contribution is 2.49. The fraction of sp³-hybridized carbons (Fsp3) is 0.786. The predicted molar refractivity (Wildman–Crippen MR) is 70.4 cm³/mol. The molecule has 1 aromatic rings. The normalized spacial score (nSPS) is 26.3. The molecule has 1 fully saturated rings. The van der Waals surface area contributed by atoms with Crippen LogP contribution in [0, 0.1) is 11.3 Å². The van der Waals surface area contributed by atoms with Crippen molar-refractivity contribution in [3.05, 3.63) is 17.5 Å². The molecule has 4 heteroatoms. The predicted octanol–water partition coefficient (Wildman–Crippen LogP) is 1.73. The third kappa shape index (κ3) is 2.45. The molecular formula is C14H24N2O2. The van der Waals surface area contributed by atoms with Crippen molar-refractivity contribution >= 4 is 0 Å². The Kier molecular flexibility index (Phi) is 3.78. The molecule has 1 aliphatic rings. The zero-order chi connectivity index (χ0) is 13.3. The van der Waals surface area contributed by atoms with Crippen LogP contribution in [0.15, 0.2) is 10.6 Å².